The van der Waals surface area contributed by atoms with Gasteiger partial charge in [-0.3, -0.25) is 4.79 Å². The third-order valence-corrected chi connectivity index (χ3v) is 3.56. The van der Waals surface area contributed by atoms with Crippen molar-refractivity contribution in [2.24, 2.45) is 5.41 Å². The van der Waals surface area contributed by atoms with E-state index in [1.54, 1.807) is 0 Å². The SMILES string of the molecule is CC1(C(=O)O)C=CC=C(C(=O)O)C1c1ccc(O)cc1. The minimum Gasteiger partial charge on any atom is -0.508 e. The van der Waals surface area contributed by atoms with Gasteiger partial charge in [-0.15, -0.1) is 0 Å². The standard InChI is InChI=1S/C15H14O5/c1-15(14(19)20)8-2-3-11(13(17)18)12(15)9-4-6-10(16)7-5-9/h2-8,12,16H,1H3,(H,17,18)(H,19,20). The normalized spacial score (nSPS) is 25.1. The Morgan fingerprint density at radius 3 is 2.25 bits per heavy atom. The van der Waals surface area contributed by atoms with E-state index in [9.17, 15) is 24.9 Å². The molecule has 104 valence electrons. The molecule has 1 aromatic rings. The van der Waals surface area contributed by atoms with Crippen LogP contribution in [0, 0.1) is 5.41 Å². The van der Waals surface area contributed by atoms with Crippen LogP contribution in [0.3, 0.4) is 0 Å². The summed E-state index contributed by atoms with van der Waals surface area (Å²) in [4.78, 5) is 22.9. The van der Waals surface area contributed by atoms with E-state index in [4.69, 9.17) is 0 Å². The molecule has 2 atom stereocenters. The zero-order valence-corrected chi connectivity index (χ0v) is 10.8. The second-order valence-electron chi connectivity index (χ2n) is 4.90. The maximum Gasteiger partial charge on any atom is 0.332 e. The fourth-order valence-electron chi connectivity index (χ4n) is 2.45. The van der Waals surface area contributed by atoms with Crippen molar-refractivity contribution >= 4 is 11.9 Å². The summed E-state index contributed by atoms with van der Waals surface area (Å²) < 4.78 is 0. The highest BCUT2D eigenvalue weighted by atomic mass is 16.4. The molecular weight excluding hydrogens is 260 g/mol. The van der Waals surface area contributed by atoms with Crippen molar-refractivity contribution in [2.75, 3.05) is 0 Å². The second kappa shape index (κ2) is 4.85. The van der Waals surface area contributed by atoms with Crippen LogP contribution in [0.15, 0.2) is 48.1 Å². The summed E-state index contributed by atoms with van der Waals surface area (Å²) in [5, 5.41) is 28.1. The molecule has 0 radical (unpaired) electrons. The number of aliphatic carboxylic acids is 2. The quantitative estimate of drug-likeness (QED) is 0.785. The number of phenolic OH excluding ortho intramolecular Hbond substituents is 1. The Labute approximate surface area is 115 Å². The lowest BCUT2D eigenvalue weighted by Gasteiger charge is -2.34. The first-order chi connectivity index (χ1) is 9.36. The van der Waals surface area contributed by atoms with Gasteiger partial charge in [0.1, 0.15) is 5.75 Å². The number of aromatic hydroxyl groups is 1. The number of rotatable bonds is 3. The van der Waals surface area contributed by atoms with E-state index in [0.29, 0.717) is 5.56 Å². The summed E-state index contributed by atoms with van der Waals surface area (Å²) in [5.41, 5.74) is -0.798. The minimum atomic E-state index is -1.35. The third-order valence-electron chi connectivity index (χ3n) is 3.56. The average Bonchev–Trinajstić information content (AvgIpc) is 2.39. The molecule has 5 heteroatoms. The highest BCUT2D eigenvalue weighted by molar-refractivity contribution is 5.93. The molecule has 0 aromatic heterocycles. The van der Waals surface area contributed by atoms with E-state index in [1.165, 1.54) is 49.4 Å². The molecule has 0 aliphatic heterocycles. The Balaban J connectivity index is 2.60. The predicted octanol–water partition coefficient (Wildman–Crippen LogP) is 2.15. The number of allylic oxidation sites excluding steroid dienone is 2. The molecule has 1 aliphatic rings. The van der Waals surface area contributed by atoms with Gasteiger partial charge in [0, 0.05) is 11.5 Å². The molecule has 2 rings (SSSR count). The third kappa shape index (κ3) is 2.18. The Kier molecular flexibility index (Phi) is 3.36. The summed E-state index contributed by atoms with van der Waals surface area (Å²) in [6, 6.07) is 5.90. The first-order valence-electron chi connectivity index (χ1n) is 6.01. The first kappa shape index (κ1) is 13.9. The molecular formula is C15H14O5. The summed E-state index contributed by atoms with van der Waals surface area (Å²) in [5.74, 6) is -3.03. The van der Waals surface area contributed by atoms with Gasteiger partial charge in [0.15, 0.2) is 0 Å². The lowest BCUT2D eigenvalue weighted by molar-refractivity contribution is -0.146. The molecule has 2 unspecified atom stereocenters. The summed E-state index contributed by atoms with van der Waals surface area (Å²) in [6.45, 7) is 1.49. The zero-order valence-electron chi connectivity index (χ0n) is 10.8. The summed E-state index contributed by atoms with van der Waals surface area (Å²) in [6.07, 6.45) is 4.35. The molecule has 0 amide bonds. The van der Waals surface area contributed by atoms with E-state index in [0.717, 1.165) is 0 Å². The summed E-state index contributed by atoms with van der Waals surface area (Å²) >= 11 is 0. The van der Waals surface area contributed by atoms with E-state index in [1.807, 2.05) is 0 Å². The molecule has 0 fully saturated rings. The van der Waals surface area contributed by atoms with Crippen molar-refractivity contribution in [1.29, 1.82) is 0 Å². The Morgan fingerprint density at radius 2 is 1.75 bits per heavy atom. The van der Waals surface area contributed by atoms with Gasteiger partial charge in [-0.25, -0.2) is 4.79 Å². The van der Waals surface area contributed by atoms with Gasteiger partial charge in [-0.05, 0) is 24.6 Å². The molecule has 5 nitrogen and oxygen atoms in total. The van der Waals surface area contributed by atoms with Crippen LogP contribution in [0.2, 0.25) is 0 Å². The van der Waals surface area contributed by atoms with Crippen LogP contribution in [-0.4, -0.2) is 27.3 Å². The maximum absolute atomic E-state index is 11.6. The average molecular weight is 274 g/mol. The van der Waals surface area contributed by atoms with Gasteiger partial charge >= 0.3 is 11.9 Å². The van der Waals surface area contributed by atoms with Gasteiger partial charge < -0.3 is 15.3 Å². The second-order valence-corrected chi connectivity index (χ2v) is 4.90. The van der Waals surface area contributed by atoms with Gasteiger partial charge in [0.2, 0.25) is 0 Å². The molecule has 3 N–H and O–H groups in total. The number of hydrogen-bond donors (Lipinski definition) is 3. The van der Waals surface area contributed by atoms with Crippen molar-refractivity contribution in [2.45, 2.75) is 12.8 Å². The van der Waals surface area contributed by atoms with Crippen LogP contribution >= 0.6 is 0 Å². The Hall–Kier alpha value is -2.56. The molecule has 0 saturated heterocycles. The highest BCUT2D eigenvalue weighted by Crippen LogP contribution is 2.45. The van der Waals surface area contributed by atoms with E-state index < -0.39 is 23.3 Å². The fourth-order valence-corrected chi connectivity index (χ4v) is 2.45. The number of carboxylic acids is 2. The minimum absolute atomic E-state index is 0.0167. The van der Waals surface area contributed by atoms with Crippen molar-refractivity contribution in [1.82, 2.24) is 0 Å². The predicted molar refractivity (Wildman–Crippen MR) is 71.4 cm³/mol. The van der Waals surface area contributed by atoms with Crippen LogP contribution in [0.5, 0.6) is 5.75 Å². The maximum atomic E-state index is 11.6. The van der Waals surface area contributed by atoms with Crippen molar-refractivity contribution in [3.8, 4) is 5.75 Å². The van der Waals surface area contributed by atoms with E-state index in [2.05, 4.69) is 0 Å². The van der Waals surface area contributed by atoms with Crippen molar-refractivity contribution in [3.05, 3.63) is 53.6 Å². The van der Waals surface area contributed by atoms with E-state index >= 15 is 0 Å². The Morgan fingerprint density at radius 1 is 1.15 bits per heavy atom. The number of benzene rings is 1. The molecule has 0 heterocycles. The molecule has 1 aromatic carbocycles. The lowest BCUT2D eigenvalue weighted by atomic mass is 9.67. The van der Waals surface area contributed by atoms with E-state index in [-0.39, 0.29) is 11.3 Å². The van der Waals surface area contributed by atoms with Crippen LogP contribution in [0.1, 0.15) is 18.4 Å². The highest BCUT2D eigenvalue weighted by Gasteiger charge is 2.45. The molecule has 0 bridgehead atoms. The van der Waals surface area contributed by atoms with Gasteiger partial charge in [-0.1, -0.05) is 30.4 Å². The molecule has 1 aliphatic carbocycles. The van der Waals surface area contributed by atoms with Gasteiger partial charge in [0.25, 0.3) is 0 Å². The lowest BCUT2D eigenvalue weighted by Crippen LogP contribution is -2.36. The van der Waals surface area contributed by atoms with Crippen LogP contribution in [-0.2, 0) is 9.59 Å². The van der Waals surface area contributed by atoms with Crippen molar-refractivity contribution in [3.63, 3.8) is 0 Å². The number of hydrogen-bond acceptors (Lipinski definition) is 3. The number of carbonyl (C=O) groups is 2. The number of carboxylic acid groups (broad SMARTS) is 2. The van der Waals surface area contributed by atoms with Gasteiger partial charge in [-0.2, -0.15) is 0 Å². The monoisotopic (exact) mass is 274 g/mol. The van der Waals surface area contributed by atoms with Gasteiger partial charge in [0.05, 0.1) is 5.41 Å². The molecule has 0 saturated carbocycles. The smallest absolute Gasteiger partial charge is 0.332 e. The Bertz CT molecular complexity index is 612. The topological polar surface area (TPSA) is 94.8 Å². The fraction of sp³-hybridized carbons (Fsp3) is 0.200. The van der Waals surface area contributed by atoms with Crippen LogP contribution in [0.4, 0.5) is 0 Å². The number of phenols is 1. The van der Waals surface area contributed by atoms with Crippen LogP contribution < -0.4 is 0 Å². The zero-order chi connectivity index (χ0) is 14.9. The molecule has 20 heavy (non-hydrogen) atoms. The summed E-state index contributed by atoms with van der Waals surface area (Å²) in [7, 11) is 0. The van der Waals surface area contributed by atoms with Crippen LogP contribution in [0.25, 0.3) is 0 Å². The largest absolute Gasteiger partial charge is 0.508 e. The van der Waals surface area contributed by atoms with Crippen molar-refractivity contribution < 1.29 is 24.9 Å². The first-order valence-corrected chi connectivity index (χ1v) is 6.01. The molecule has 0 spiro atoms.